The van der Waals surface area contributed by atoms with Crippen molar-refractivity contribution in [2.75, 3.05) is 26.2 Å². The van der Waals surface area contributed by atoms with Crippen molar-refractivity contribution in [3.05, 3.63) is 58.5 Å². The van der Waals surface area contributed by atoms with Crippen molar-refractivity contribution in [1.29, 1.82) is 0 Å². The summed E-state index contributed by atoms with van der Waals surface area (Å²) in [5.41, 5.74) is 1.55. The molecule has 0 saturated carbocycles. The van der Waals surface area contributed by atoms with Crippen molar-refractivity contribution >= 4 is 27.7 Å². The lowest BCUT2D eigenvalue weighted by molar-refractivity contribution is -0.131. The van der Waals surface area contributed by atoms with Crippen LogP contribution in [0.3, 0.4) is 0 Å². The molecule has 0 spiro atoms. The average molecular weight is 377 g/mol. The summed E-state index contributed by atoms with van der Waals surface area (Å²) >= 11 is 3.39. The molecule has 120 valence electrons. The predicted molar refractivity (Wildman–Crippen MR) is 89.0 cm³/mol. The van der Waals surface area contributed by atoms with Crippen LogP contribution >= 0.6 is 15.9 Å². The molecule has 5 nitrogen and oxygen atoms in total. The lowest BCUT2D eigenvalue weighted by Crippen LogP contribution is -2.50. The summed E-state index contributed by atoms with van der Waals surface area (Å²) in [4.78, 5) is 28.2. The number of amides is 2. The minimum absolute atomic E-state index is 0.0428. The monoisotopic (exact) mass is 376 g/mol. The van der Waals surface area contributed by atoms with Crippen LogP contribution in [0, 0.1) is 0 Å². The fraction of sp³-hybridized carbons (Fsp3) is 0.294. The Morgan fingerprint density at radius 3 is 2.26 bits per heavy atom. The smallest absolute Gasteiger partial charge is 0.257 e. The van der Waals surface area contributed by atoms with Gasteiger partial charge in [0.05, 0.1) is 18.2 Å². The van der Waals surface area contributed by atoms with E-state index in [4.69, 9.17) is 4.42 Å². The summed E-state index contributed by atoms with van der Waals surface area (Å²) in [6, 6.07) is 9.42. The third-order valence-corrected chi connectivity index (χ3v) is 4.48. The van der Waals surface area contributed by atoms with Crippen molar-refractivity contribution < 1.29 is 14.0 Å². The zero-order valence-electron chi connectivity index (χ0n) is 12.6. The van der Waals surface area contributed by atoms with Gasteiger partial charge in [0.2, 0.25) is 5.91 Å². The summed E-state index contributed by atoms with van der Waals surface area (Å²) in [7, 11) is 0. The van der Waals surface area contributed by atoms with Crippen molar-refractivity contribution in [2.45, 2.75) is 6.42 Å². The molecule has 0 aliphatic carbocycles. The van der Waals surface area contributed by atoms with E-state index >= 15 is 0 Å². The quantitative estimate of drug-likeness (QED) is 0.826. The summed E-state index contributed by atoms with van der Waals surface area (Å²) in [6.07, 6.45) is 3.33. The minimum atomic E-state index is -0.0428. The molecule has 1 aromatic heterocycles. The lowest BCUT2D eigenvalue weighted by Gasteiger charge is -2.34. The summed E-state index contributed by atoms with van der Waals surface area (Å²) in [5, 5.41) is 0. The van der Waals surface area contributed by atoms with Gasteiger partial charge in [0, 0.05) is 30.7 Å². The number of nitrogens with zero attached hydrogens (tertiary/aromatic N) is 2. The predicted octanol–water partition coefficient (Wildman–Crippen LogP) is 2.57. The molecule has 0 N–H and O–H groups in total. The van der Waals surface area contributed by atoms with Gasteiger partial charge in [-0.05, 0) is 23.8 Å². The van der Waals surface area contributed by atoms with Crippen molar-refractivity contribution in [2.24, 2.45) is 0 Å². The number of hydrogen-bond acceptors (Lipinski definition) is 3. The fourth-order valence-electron chi connectivity index (χ4n) is 2.62. The van der Waals surface area contributed by atoms with Crippen LogP contribution < -0.4 is 0 Å². The Balaban J connectivity index is 1.53. The molecule has 0 atom stereocenters. The highest BCUT2D eigenvalue weighted by Gasteiger charge is 2.25. The molecule has 23 heavy (non-hydrogen) atoms. The first kappa shape index (κ1) is 15.8. The third kappa shape index (κ3) is 3.82. The van der Waals surface area contributed by atoms with Gasteiger partial charge >= 0.3 is 0 Å². The standard InChI is InChI=1S/C17H17BrN2O3/c18-15-3-1-13(2-4-15)11-16(21)19-6-8-20(9-7-19)17(22)14-5-10-23-12-14/h1-5,10,12H,6-9,11H2. The first-order chi connectivity index (χ1) is 11.1. The number of carbonyl (C=O) groups excluding carboxylic acids is 2. The molecule has 1 aliphatic rings. The Hall–Kier alpha value is -2.08. The third-order valence-electron chi connectivity index (χ3n) is 3.96. The van der Waals surface area contributed by atoms with Gasteiger partial charge in [0.1, 0.15) is 6.26 Å². The number of halogens is 1. The van der Waals surface area contributed by atoms with Gasteiger partial charge in [0.25, 0.3) is 5.91 Å². The molecule has 0 unspecified atom stereocenters. The van der Waals surface area contributed by atoms with E-state index in [9.17, 15) is 9.59 Å². The maximum atomic E-state index is 12.4. The largest absolute Gasteiger partial charge is 0.472 e. The summed E-state index contributed by atoms with van der Waals surface area (Å²) in [5.74, 6) is 0.0569. The molecule has 0 radical (unpaired) electrons. The van der Waals surface area contributed by atoms with Gasteiger partial charge in [-0.3, -0.25) is 9.59 Å². The molecular formula is C17H17BrN2O3. The molecule has 1 fully saturated rings. The highest BCUT2D eigenvalue weighted by molar-refractivity contribution is 9.10. The Morgan fingerprint density at radius 1 is 1.00 bits per heavy atom. The van der Waals surface area contributed by atoms with Crippen LogP contribution in [0.1, 0.15) is 15.9 Å². The van der Waals surface area contributed by atoms with E-state index in [2.05, 4.69) is 15.9 Å². The molecule has 6 heteroatoms. The molecule has 2 amide bonds. The Kier molecular flexibility index (Phi) is 4.81. The Morgan fingerprint density at radius 2 is 1.65 bits per heavy atom. The maximum absolute atomic E-state index is 12.4. The van der Waals surface area contributed by atoms with E-state index in [1.165, 1.54) is 12.5 Å². The van der Waals surface area contributed by atoms with Gasteiger partial charge in [-0.15, -0.1) is 0 Å². The maximum Gasteiger partial charge on any atom is 0.257 e. The summed E-state index contributed by atoms with van der Waals surface area (Å²) < 4.78 is 5.95. The number of benzene rings is 1. The topological polar surface area (TPSA) is 53.8 Å². The number of hydrogen-bond donors (Lipinski definition) is 0. The number of furan rings is 1. The zero-order valence-corrected chi connectivity index (χ0v) is 14.2. The zero-order chi connectivity index (χ0) is 16.2. The van der Waals surface area contributed by atoms with E-state index in [0.29, 0.717) is 38.2 Å². The number of piperazine rings is 1. The van der Waals surface area contributed by atoms with Gasteiger partial charge in [-0.2, -0.15) is 0 Å². The van der Waals surface area contributed by atoms with Crippen molar-refractivity contribution in [3.8, 4) is 0 Å². The minimum Gasteiger partial charge on any atom is -0.472 e. The van der Waals surface area contributed by atoms with Crippen LogP contribution in [0.15, 0.2) is 51.7 Å². The number of carbonyl (C=O) groups is 2. The molecule has 2 aromatic rings. The second-order valence-corrected chi connectivity index (χ2v) is 6.40. The highest BCUT2D eigenvalue weighted by atomic mass is 79.9. The molecule has 1 aromatic carbocycles. The number of rotatable bonds is 3. The van der Waals surface area contributed by atoms with Crippen LogP contribution in [0.4, 0.5) is 0 Å². The van der Waals surface area contributed by atoms with Crippen LogP contribution in [-0.4, -0.2) is 47.8 Å². The Labute approximate surface area is 143 Å². The van der Waals surface area contributed by atoms with E-state index in [1.807, 2.05) is 29.2 Å². The van der Waals surface area contributed by atoms with Crippen LogP contribution in [0.2, 0.25) is 0 Å². The van der Waals surface area contributed by atoms with Gasteiger partial charge in [-0.1, -0.05) is 28.1 Å². The van der Waals surface area contributed by atoms with Gasteiger partial charge in [0.15, 0.2) is 0 Å². The Bertz CT molecular complexity index is 674. The second kappa shape index (κ2) is 7.00. The van der Waals surface area contributed by atoms with Crippen LogP contribution in [-0.2, 0) is 11.2 Å². The summed E-state index contributed by atoms with van der Waals surface area (Å²) in [6.45, 7) is 2.24. The van der Waals surface area contributed by atoms with Gasteiger partial charge in [-0.25, -0.2) is 0 Å². The van der Waals surface area contributed by atoms with E-state index in [-0.39, 0.29) is 11.8 Å². The molecule has 2 heterocycles. The van der Waals surface area contributed by atoms with Crippen molar-refractivity contribution in [3.63, 3.8) is 0 Å². The van der Waals surface area contributed by atoms with Crippen molar-refractivity contribution in [1.82, 2.24) is 9.80 Å². The van der Waals surface area contributed by atoms with Gasteiger partial charge < -0.3 is 14.2 Å². The molecule has 1 aliphatic heterocycles. The first-order valence-corrected chi connectivity index (χ1v) is 8.26. The molecule has 0 bridgehead atoms. The molecule has 1 saturated heterocycles. The molecule has 3 rings (SSSR count). The highest BCUT2D eigenvalue weighted by Crippen LogP contribution is 2.13. The van der Waals surface area contributed by atoms with E-state index < -0.39 is 0 Å². The normalized spacial score (nSPS) is 14.8. The fourth-order valence-corrected chi connectivity index (χ4v) is 2.88. The average Bonchev–Trinajstić information content (AvgIpc) is 3.11. The SMILES string of the molecule is O=C(Cc1ccc(Br)cc1)N1CCN(C(=O)c2ccoc2)CC1. The molecular weight excluding hydrogens is 360 g/mol. The van der Waals surface area contributed by atoms with E-state index in [1.54, 1.807) is 11.0 Å². The first-order valence-electron chi connectivity index (χ1n) is 7.47. The lowest BCUT2D eigenvalue weighted by atomic mass is 10.1. The van der Waals surface area contributed by atoms with Crippen LogP contribution in [0.5, 0.6) is 0 Å². The van der Waals surface area contributed by atoms with Crippen LogP contribution in [0.25, 0.3) is 0 Å². The second-order valence-electron chi connectivity index (χ2n) is 5.49. The van der Waals surface area contributed by atoms with E-state index in [0.717, 1.165) is 10.0 Å².